The van der Waals surface area contributed by atoms with E-state index in [1.54, 1.807) is 6.07 Å². The second kappa shape index (κ2) is 6.38. The maximum atomic E-state index is 9.93. The fourth-order valence-corrected chi connectivity index (χ4v) is 3.89. The molecule has 2 rings (SSSR count). The van der Waals surface area contributed by atoms with E-state index >= 15 is 0 Å². The van der Waals surface area contributed by atoms with E-state index in [9.17, 15) is 14.7 Å². The van der Waals surface area contributed by atoms with Gasteiger partial charge < -0.3 is 0 Å². The van der Waals surface area contributed by atoms with E-state index in [1.807, 2.05) is 12.1 Å². The van der Waals surface area contributed by atoms with Gasteiger partial charge in [-0.3, -0.25) is 0 Å². The van der Waals surface area contributed by atoms with Gasteiger partial charge in [-0.1, -0.05) is 59.7 Å². The van der Waals surface area contributed by atoms with Crippen LogP contribution in [0.2, 0.25) is 0 Å². The Labute approximate surface area is 145 Å². The average molecular weight is 349 g/mol. The Morgan fingerprint density at radius 1 is 0.792 bits per heavy atom. The number of rotatable bonds is 5. The Morgan fingerprint density at radius 3 is 1.88 bits per heavy atom. The topological polar surface area (TPSA) is 60.7 Å². The third-order valence-electron chi connectivity index (χ3n) is 5.56. The van der Waals surface area contributed by atoms with Gasteiger partial charge in [0.15, 0.2) is 5.30 Å². The summed E-state index contributed by atoms with van der Waals surface area (Å²) >= 11 is 0. The molecule has 2 aromatic carbocycles. The molecule has 24 heavy (non-hydrogen) atoms. The second-order valence-electron chi connectivity index (χ2n) is 7.97. The lowest BCUT2D eigenvalue weighted by Gasteiger charge is -2.27. The molecule has 0 aliphatic heterocycles. The zero-order chi connectivity index (χ0) is 18.3. The first kappa shape index (κ1) is 19.3. The molecule has 0 bridgehead atoms. The van der Waals surface area contributed by atoms with Crippen molar-refractivity contribution in [1.82, 2.24) is 0 Å². The fraction of sp³-hybridized carbons (Fsp3) is 0.500. The van der Waals surface area contributed by atoms with Gasteiger partial charge in [0.1, 0.15) is 0 Å². The molecule has 0 saturated carbocycles. The predicted octanol–water partition coefficient (Wildman–Crippen LogP) is 4.58. The van der Waals surface area contributed by atoms with Crippen molar-refractivity contribution in [3.63, 3.8) is 0 Å². The smallest absolute Gasteiger partial charge is 0.189 e. The molecule has 0 amide bonds. The van der Waals surface area contributed by atoms with Crippen LogP contribution < -0.4 is 5.30 Å². The van der Waals surface area contributed by atoms with Crippen LogP contribution >= 0.6 is 7.94 Å². The number of hydrogen-bond donors (Lipinski definition) is 3. The highest BCUT2D eigenvalue weighted by molar-refractivity contribution is 7.66. The molecular formula is C20H30O3P+. The summed E-state index contributed by atoms with van der Waals surface area (Å²) in [6, 6.07) is 10.0. The van der Waals surface area contributed by atoms with E-state index in [-0.39, 0.29) is 16.1 Å². The van der Waals surface area contributed by atoms with Crippen LogP contribution in [0.4, 0.5) is 0 Å². The summed E-state index contributed by atoms with van der Waals surface area (Å²) in [5.74, 6) is 0. The standard InChI is InChI=1S/C20H30O3P/c1-7-19(3,4)16-10-9-14-13-18(24(21,22)23)17(12-15(14)11-16)20(5,6)8-2/h9-13,21-23H,7-8H2,1-6H3/q+1. The average Bonchev–Trinajstić information content (AvgIpc) is 2.52. The molecule has 4 heteroatoms. The molecule has 0 atom stereocenters. The molecule has 3 N–H and O–H groups in total. The third-order valence-corrected chi connectivity index (χ3v) is 6.57. The Hall–Kier alpha value is -0.990. The van der Waals surface area contributed by atoms with Gasteiger partial charge in [-0.2, -0.15) is 14.7 Å². The van der Waals surface area contributed by atoms with Crippen LogP contribution in [0.15, 0.2) is 30.3 Å². The van der Waals surface area contributed by atoms with Gasteiger partial charge in [0.05, 0.1) is 0 Å². The molecule has 0 fully saturated rings. The highest BCUT2D eigenvalue weighted by Gasteiger charge is 2.41. The summed E-state index contributed by atoms with van der Waals surface area (Å²) in [4.78, 5) is 29.8. The molecule has 0 aromatic heterocycles. The second-order valence-corrected chi connectivity index (χ2v) is 9.59. The van der Waals surface area contributed by atoms with Gasteiger partial charge in [0.25, 0.3) is 0 Å². The van der Waals surface area contributed by atoms with Crippen molar-refractivity contribution in [2.75, 3.05) is 0 Å². The summed E-state index contributed by atoms with van der Waals surface area (Å²) in [6.45, 7) is 12.8. The molecule has 2 aromatic rings. The van der Waals surface area contributed by atoms with Crippen LogP contribution in [0.25, 0.3) is 10.8 Å². The quantitative estimate of drug-likeness (QED) is 0.693. The molecule has 0 spiro atoms. The predicted molar refractivity (Wildman–Crippen MR) is 104 cm³/mol. The first-order valence-electron chi connectivity index (χ1n) is 8.59. The van der Waals surface area contributed by atoms with E-state index in [1.165, 1.54) is 5.56 Å². The zero-order valence-electron chi connectivity index (χ0n) is 15.6. The van der Waals surface area contributed by atoms with E-state index in [0.29, 0.717) is 0 Å². The van der Waals surface area contributed by atoms with Gasteiger partial charge in [-0.05, 0) is 52.1 Å². The van der Waals surface area contributed by atoms with Crippen molar-refractivity contribution in [2.45, 2.75) is 65.2 Å². The lowest BCUT2D eigenvalue weighted by Crippen LogP contribution is -2.27. The SMILES string of the molecule is CCC(C)(C)c1ccc2cc([P+](O)(O)O)c(C(C)(C)CC)cc2c1. The van der Waals surface area contributed by atoms with Crippen molar-refractivity contribution >= 4 is 24.0 Å². The number of benzene rings is 2. The minimum Gasteiger partial charge on any atom is -0.189 e. The third kappa shape index (κ3) is 3.65. The summed E-state index contributed by atoms with van der Waals surface area (Å²) in [7, 11) is -4.07. The summed E-state index contributed by atoms with van der Waals surface area (Å²) in [6.07, 6.45) is 1.88. The maximum Gasteiger partial charge on any atom is 0.441 e. The zero-order valence-corrected chi connectivity index (χ0v) is 16.5. The molecular weight excluding hydrogens is 319 g/mol. The Morgan fingerprint density at radius 2 is 1.38 bits per heavy atom. The fourth-order valence-electron chi connectivity index (χ4n) is 2.89. The molecule has 0 heterocycles. The summed E-state index contributed by atoms with van der Waals surface area (Å²) < 4.78 is 0. The van der Waals surface area contributed by atoms with Crippen LogP contribution in [0.5, 0.6) is 0 Å². The molecule has 0 aliphatic carbocycles. The first-order chi connectivity index (χ1) is 10.9. The molecule has 3 nitrogen and oxygen atoms in total. The van der Waals surface area contributed by atoms with Gasteiger partial charge in [-0.15, -0.1) is 0 Å². The lowest BCUT2D eigenvalue weighted by molar-refractivity contribution is 0.345. The van der Waals surface area contributed by atoms with Gasteiger partial charge in [0, 0.05) is 5.56 Å². The van der Waals surface area contributed by atoms with Crippen LogP contribution in [0, 0.1) is 0 Å². The minimum absolute atomic E-state index is 0.0923. The Kier molecular flexibility index (Phi) is 5.14. The lowest BCUT2D eigenvalue weighted by atomic mass is 9.79. The van der Waals surface area contributed by atoms with Gasteiger partial charge in [-0.25, -0.2) is 0 Å². The largest absolute Gasteiger partial charge is 0.441 e. The highest BCUT2D eigenvalue weighted by Crippen LogP contribution is 2.47. The summed E-state index contributed by atoms with van der Waals surface area (Å²) in [5, 5.41) is 2.25. The van der Waals surface area contributed by atoms with Crippen molar-refractivity contribution in [2.24, 2.45) is 0 Å². The maximum absolute atomic E-state index is 9.93. The molecule has 0 radical (unpaired) electrons. The van der Waals surface area contributed by atoms with Crippen molar-refractivity contribution in [3.05, 3.63) is 41.5 Å². The van der Waals surface area contributed by atoms with E-state index in [4.69, 9.17) is 0 Å². The number of hydrogen-bond acceptors (Lipinski definition) is 3. The number of fused-ring (bicyclic) bond motifs is 1. The summed E-state index contributed by atoms with van der Waals surface area (Å²) in [5.41, 5.74) is 1.92. The van der Waals surface area contributed by atoms with Crippen LogP contribution in [0.1, 0.15) is 65.5 Å². The highest BCUT2D eigenvalue weighted by atomic mass is 31.2. The molecule has 0 saturated heterocycles. The van der Waals surface area contributed by atoms with Gasteiger partial charge >= 0.3 is 7.94 Å². The Balaban J connectivity index is 2.77. The normalized spacial score (nSPS) is 13.5. The van der Waals surface area contributed by atoms with E-state index < -0.39 is 7.94 Å². The van der Waals surface area contributed by atoms with Crippen LogP contribution in [0.3, 0.4) is 0 Å². The molecule has 0 unspecified atom stereocenters. The molecule has 0 aliphatic rings. The Bertz CT molecular complexity index is 742. The monoisotopic (exact) mass is 349 g/mol. The minimum atomic E-state index is -4.07. The van der Waals surface area contributed by atoms with E-state index in [0.717, 1.165) is 29.2 Å². The van der Waals surface area contributed by atoms with Crippen molar-refractivity contribution in [1.29, 1.82) is 0 Å². The first-order valence-corrected chi connectivity index (χ1v) is 10.2. The van der Waals surface area contributed by atoms with Crippen molar-refractivity contribution in [3.8, 4) is 0 Å². The molecule has 132 valence electrons. The van der Waals surface area contributed by atoms with Crippen LogP contribution in [-0.4, -0.2) is 14.7 Å². The van der Waals surface area contributed by atoms with Crippen LogP contribution in [-0.2, 0) is 10.8 Å². The van der Waals surface area contributed by atoms with E-state index in [2.05, 4.69) is 53.7 Å². The van der Waals surface area contributed by atoms with Crippen molar-refractivity contribution < 1.29 is 14.7 Å². The van der Waals surface area contributed by atoms with Gasteiger partial charge in [0.2, 0.25) is 0 Å².